The van der Waals surface area contributed by atoms with Crippen molar-refractivity contribution in [1.29, 1.82) is 0 Å². The van der Waals surface area contributed by atoms with Crippen molar-refractivity contribution in [3.05, 3.63) is 45.4 Å². The Labute approximate surface area is 157 Å². The number of hydrogen-bond acceptors (Lipinski definition) is 6. The molecule has 0 aromatic heterocycles. The molecule has 0 amide bonds. The lowest BCUT2D eigenvalue weighted by atomic mass is 10.3. The molecule has 0 spiro atoms. The molecule has 0 radical (unpaired) electrons. The van der Waals surface area contributed by atoms with Crippen molar-refractivity contribution >= 4 is 58.7 Å². The van der Waals surface area contributed by atoms with E-state index in [0.717, 1.165) is 0 Å². The topological polar surface area (TPSA) is 71.1 Å². The van der Waals surface area contributed by atoms with Crippen molar-refractivity contribution in [2.24, 2.45) is 0 Å². The van der Waals surface area contributed by atoms with Gasteiger partial charge in [-0.25, -0.2) is 9.59 Å². The lowest BCUT2D eigenvalue weighted by Crippen LogP contribution is -2.13. The molecular weight excluding hydrogens is 406 g/mol. The molecule has 0 aliphatic rings. The van der Waals surface area contributed by atoms with Gasteiger partial charge in [-0.05, 0) is 0 Å². The van der Waals surface area contributed by atoms with Crippen molar-refractivity contribution < 1.29 is 28.5 Å². The van der Waals surface area contributed by atoms with Gasteiger partial charge in [0.1, 0.15) is 33.3 Å². The van der Waals surface area contributed by atoms with Crippen molar-refractivity contribution in [2.75, 3.05) is 13.2 Å². The van der Waals surface area contributed by atoms with Crippen LogP contribution >= 0.6 is 46.4 Å². The summed E-state index contributed by atoms with van der Waals surface area (Å²) < 4.78 is 18.9. The van der Waals surface area contributed by atoms with Gasteiger partial charge in [0.2, 0.25) is 0 Å². The summed E-state index contributed by atoms with van der Waals surface area (Å²) in [5.74, 6) is -0.705. The molecule has 0 unspecified atom stereocenters. The van der Waals surface area contributed by atoms with Gasteiger partial charge < -0.3 is 18.9 Å². The minimum Gasteiger partial charge on any atom is -0.430 e. The Balaban J connectivity index is 3.11. The minimum atomic E-state index is -1.11. The molecule has 130 valence electrons. The van der Waals surface area contributed by atoms with Crippen molar-refractivity contribution in [3.8, 4) is 11.5 Å². The Morgan fingerprint density at radius 1 is 0.750 bits per heavy atom. The van der Waals surface area contributed by atoms with E-state index in [1.807, 2.05) is 0 Å². The lowest BCUT2D eigenvalue weighted by Gasteiger charge is -2.14. The lowest BCUT2D eigenvalue weighted by molar-refractivity contribution is 0.107. The number of rotatable bonds is 6. The van der Waals surface area contributed by atoms with Crippen LogP contribution in [0.2, 0.25) is 20.1 Å². The Bertz CT molecular complexity index is 588. The zero-order chi connectivity index (χ0) is 18.3. The molecule has 24 heavy (non-hydrogen) atoms. The van der Waals surface area contributed by atoms with Crippen LogP contribution in [-0.2, 0) is 9.47 Å². The number of halogens is 4. The van der Waals surface area contributed by atoms with Gasteiger partial charge in [0.05, 0.1) is 0 Å². The Kier molecular flexibility index (Phi) is 8.21. The van der Waals surface area contributed by atoms with Crippen molar-refractivity contribution in [1.82, 2.24) is 0 Å². The molecule has 0 aliphatic heterocycles. The van der Waals surface area contributed by atoms with E-state index in [4.69, 9.17) is 55.9 Å². The van der Waals surface area contributed by atoms with Crippen LogP contribution in [0.4, 0.5) is 9.59 Å². The maximum Gasteiger partial charge on any atom is 0.514 e. The highest BCUT2D eigenvalue weighted by molar-refractivity contribution is 6.50. The standard InChI is InChI=1S/C14H10Cl4O6/c1-3-5-21-13(19)23-11-7(15)9(17)12(10(18)8(11)16)24-14(20)22-6-4-2/h3-4H,1-2,5-6H2. The summed E-state index contributed by atoms with van der Waals surface area (Å²) >= 11 is 23.9. The molecule has 1 rings (SSSR count). The fourth-order valence-electron chi connectivity index (χ4n) is 1.25. The van der Waals surface area contributed by atoms with Crippen LogP contribution in [0.5, 0.6) is 11.5 Å². The number of benzene rings is 1. The summed E-state index contributed by atoms with van der Waals surface area (Å²) in [6.07, 6.45) is 0.446. The number of carbonyl (C=O) groups is 2. The predicted molar refractivity (Wildman–Crippen MR) is 90.8 cm³/mol. The number of hydrogen-bond donors (Lipinski definition) is 0. The van der Waals surface area contributed by atoms with Crippen LogP contribution in [0.25, 0.3) is 0 Å². The summed E-state index contributed by atoms with van der Waals surface area (Å²) in [6.45, 7) is 6.56. The first-order chi connectivity index (χ1) is 11.3. The second-order valence-electron chi connectivity index (χ2n) is 3.82. The third-order valence-corrected chi connectivity index (χ3v) is 3.83. The monoisotopic (exact) mass is 414 g/mol. The van der Waals surface area contributed by atoms with Gasteiger partial charge in [0.15, 0.2) is 11.5 Å². The molecule has 0 aliphatic carbocycles. The average Bonchev–Trinajstić information content (AvgIpc) is 2.57. The Hall–Kier alpha value is -1.60. The highest BCUT2D eigenvalue weighted by Gasteiger charge is 2.26. The van der Waals surface area contributed by atoms with E-state index >= 15 is 0 Å². The normalized spacial score (nSPS) is 9.83. The van der Waals surface area contributed by atoms with E-state index < -0.39 is 12.3 Å². The molecule has 1 aromatic rings. The molecular formula is C14H10Cl4O6. The fourth-order valence-corrected chi connectivity index (χ4v) is 2.22. The van der Waals surface area contributed by atoms with E-state index in [2.05, 4.69) is 22.6 Å². The van der Waals surface area contributed by atoms with Crippen LogP contribution in [0.3, 0.4) is 0 Å². The fraction of sp³-hybridized carbons (Fsp3) is 0.143. The van der Waals surface area contributed by atoms with E-state index in [1.165, 1.54) is 12.2 Å². The number of carbonyl (C=O) groups excluding carboxylic acids is 2. The molecule has 0 N–H and O–H groups in total. The maximum atomic E-state index is 11.5. The first-order valence-corrected chi connectivity index (χ1v) is 7.61. The van der Waals surface area contributed by atoms with Gasteiger partial charge in [-0.1, -0.05) is 71.7 Å². The minimum absolute atomic E-state index is 0.0914. The highest BCUT2D eigenvalue weighted by Crippen LogP contribution is 2.50. The molecule has 10 heteroatoms. The third-order valence-electron chi connectivity index (χ3n) is 2.19. The predicted octanol–water partition coefficient (Wildman–Crippen LogP) is 5.70. The summed E-state index contributed by atoms with van der Waals surface area (Å²) in [4.78, 5) is 22.9. The zero-order valence-electron chi connectivity index (χ0n) is 11.9. The Morgan fingerprint density at radius 3 is 1.29 bits per heavy atom. The van der Waals surface area contributed by atoms with Gasteiger partial charge in [0, 0.05) is 0 Å². The quantitative estimate of drug-likeness (QED) is 0.256. The smallest absolute Gasteiger partial charge is 0.430 e. The van der Waals surface area contributed by atoms with Crippen LogP contribution in [0, 0.1) is 0 Å². The summed E-state index contributed by atoms with van der Waals surface area (Å²) in [6, 6.07) is 0. The maximum absolute atomic E-state index is 11.5. The zero-order valence-corrected chi connectivity index (χ0v) is 15.0. The highest BCUT2D eigenvalue weighted by atomic mass is 35.5. The summed E-state index contributed by atoms with van der Waals surface area (Å²) in [7, 11) is 0. The second kappa shape index (κ2) is 9.64. The Morgan fingerprint density at radius 2 is 1.04 bits per heavy atom. The van der Waals surface area contributed by atoms with Crippen molar-refractivity contribution in [2.45, 2.75) is 0 Å². The van der Waals surface area contributed by atoms with Crippen LogP contribution in [0.15, 0.2) is 25.3 Å². The van der Waals surface area contributed by atoms with Gasteiger partial charge in [-0.2, -0.15) is 0 Å². The molecule has 6 nitrogen and oxygen atoms in total. The first-order valence-electron chi connectivity index (χ1n) is 6.10. The van der Waals surface area contributed by atoms with Gasteiger partial charge >= 0.3 is 12.3 Å². The van der Waals surface area contributed by atoms with E-state index in [1.54, 1.807) is 0 Å². The molecule has 0 fully saturated rings. The van der Waals surface area contributed by atoms with Gasteiger partial charge in [0.25, 0.3) is 0 Å². The molecule has 0 atom stereocenters. The van der Waals surface area contributed by atoms with E-state index in [9.17, 15) is 9.59 Å². The first kappa shape index (κ1) is 20.4. The van der Waals surface area contributed by atoms with E-state index in [-0.39, 0.29) is 44.8 Å². The summed E-state index contributed by atoms with van der Waals surface area (Å²) in [5.41, 5.74) is 0. The van der Waals surface area contributed by atoms with Crippen LogP contribution in [-0.4, -0.2) is 25.5 Å². The van der Waals surface area contributed by atoms with Crippen LogP contribution < -0.4 is 9.47 Å². The average molecular weight is 416 g/mol. The molecule has 0 saturated carbocycles. The second-order valence-corrected chi connectivity index (χ2v) is 5.33. The third kappa shape index (κ3) is 5.21. The van der Waals surface area contributed by atoms with Crippen LogP contribution in [0.1, 0.15) is 0 Å². The van der Waals surface area contributed by atoms with Gasteiger partial charge in [-0.15, -0.1) is 0 Å². The molecule has 0 bridgehead atoms. The molecule has 0 heterocycles. The van der Waals surface area contributed by atoms with E-state index in [0.29, 0.717) is 0 Å². The number of ether oxygens (including phenoxy) is 4. The summed E-state index contributed by atoms with van der Waals surface area (Å²) in [5, 5.41) is -1.25. The SMILES string of the molecule is C=CCOC(=O)Oc1c(Cl)c(Cl)c(OC(=O)OCC=C)c(Cl)c1Cl. The van der Waals surface area contributed by atoms with Gasteiger partial charge in [-0.3, -0.25) is 0 Å². The largest absolute Gasteiger partial charge is 0.514 e. The molecule has 1 aromatic carbocycles. The van der Waals surface area contributed by atoms with Crippen molar-refractivity contribution in [3.63, 3.8) is 0 Å². The molecule has 0 saturated heterocycles.